The van der Waals surface area contributed by atoms with Crippen LogP contribution in [0.25, 0.3) is 0 Å². The van der Waals surface area contributed by atoms with Gasteiger partial charge in [-0.15, -0.1) is 0 Å². The predicted octanol–water partition coefficient (Wildman–Crippen LogP) is 5.42. The van der Waals surface area contributed by atoms with E-state index in [0.29, 0.717) is 6.61 Å². The van der Waals surface area contributed by atoms with Gasteiger partial charge in [-0.2, -0.15) is 0 Å². The highest BCUT2D eigenvalue weighted by atomic mass is 28.4. The third kappa shape index (κ3) is 6.02. The fourth-order valence-electron chi connectivity index (χ4n) is 3.59. The summed E-state index contributed by atoms with van der Waals surface area (Å²) in [7, 11) is -1.98. The molecule has 1 aliphatic heterocycles. The van der Waals surface area contributed by atoms with E-state index in [1.165, 1.54) is 0 Å². The highest BCUT2D eigenvalue weighted by Gasteiger charge is 2.49. The van der Waals surface area contributed by atoms with Gasteiger partial charge < -0.3 is 23.4 Å². The second-order valence-corrected chi connectivity index (χ2v) is 15.0. The quantitative estimate of drug-likeness (QED) is 0.248. The summed E-state index contributed by atoms with van der Waals surface area (Å²) in [5.74, 6) is -0.610. The fourth-order valence-corrected chi connectivity index (χ4v) is 4.93. The van der Waals surface area contributed by atoms with Crippen molar-refractivity contribution >= 4 is 8.32 Å². The van der Waals surface area contributed by atoms with Crippen LogP contribution in [0.15, 0.2) is 42.5 Å². The molecule has 1 fully saturated rings. The Hall–Kier alpha value is -1.02. The minimum atomic E-state index is -1.98. The predicted molar refractivity (Wildman–Crippen MR) is 121 cm³/mol. The number of benzene rings is 1. The molecule has 0 saturated carbocycles. The molecule has 0 N–H and O–H groups in total. The van der Waals surface area contributed by atoms with Crippen molar-refractivity contribution in [2.24, 2.45) is 0 Å². The number of hydrogen-bond acceptors (Lipinski definition) is 5. The maximum Gasteiger partial charge on any atom is 0.192 e. The Morgan fingerprint density at radius 2 is 1.77 bits per heavy atom. The smallest absolute Gasteiger partial charge is 0.192 e. The van der Waals surface area contributed by atoms with Crippen LogP contribution in [-0.4, -0.2) is 45.3 Å². The first-order valence-electron chi connectivity index (χ1n) is 10.9. The summed E-state index contributed by atoms with van der Waals surface area (Å²) in [6.45, 7) is 16.0. The van der Waals surface area contributed by atoms with Gasteiger partial charge in [0.05, 0.1) is 18.8 Å². The molecule has 0 aromatic heterocycles. The lowest BCUT2D eigenvalue weighted by molar-refractivity contribution is -0.157. The van der Waals surface area contributed by atoms with Crippen LogP contribution in [0.2, 0.25) is 18.1 Å². The summed E-state index contributed by atoms with van der Waals surface area (Å²) in [6, 6.07) is 10.1. The summed E-state index contributed by atoms with van der Waals surface area (Å²) in [5.41, 5.74) is 1.13. The average molecular weight is 435 g/mol. The van der Waals surface area contributed by atoms with E-state index in [0.717, 1.165) is 12.0 Å². The van der Waals surface area contributed by atoms with Crippen LogP contribution in [-0.2, 0) is 30.0 Å². The molecule has 1 saturated heterocycles. The van der Waals surface area contributed by atoms with Crippen LogP contribution in [0.3, 0.4) is 0 Å². The van der Waals surface area contributed by atoms with E-state index in [-0.39, 0.29) is 36.2 Å². The zero-order chi connectivity index (χ0) is 22.0. The fraction of sp³-hybridized carbons (Fsp3) is 0.667. The summed E-state index contributed by atoms with van der Waals surface area (Å²) < 4.78 is 31.0. The molecule has 30 heavy (non-hydrogen) atoms. The largest absolute Gasteiger partial charge is 0.411 e. The first-order chi connectivity index (χ1) is 14.0. The lowest BCUT2D eigenvalue weighted by Gasteiger charge is -2.41. The van der Waals surface area contributed by atoms with E-state index in [1.54, 1.807) is 0 Å². The van der Waals surface area contributed by atoms with Gasteiger partial charge in [0.15, 0.2) is 14.1 Å². The SMILES string of the molecule is CC1(C)O[C@@H]2[C@@H](O[Si](C)(C)C(C)(C)C)C[C@@H](OCOCc3ccccc3)C=C[C@H]2O1. The lowest BCUT2D eigenvalue weighted by Crippen LogP contribution is -2.49. The zero-order valence-electron chi connectivity index (χ0n) is 19.5. The monoisotopic (exact) mass is 434 g/mol. The van der Waals surface area contributed by atoms with Crippen molar-refractivity contribution < 1.29 is 23.4 Å². The molecule has 3 rings (SSSR count). The molecule has 168 valence electrons. The standard InChI is InChI=1S/C24H38O5Si/c1-23(2,3)30(6,7)29-21-15-19(13-14-20-22(21)28-24(4,5)27-20)26-17-25-16-18-11-9-8-10-12-18/h8-14,19-22H,15-17H2,1-7H3/t19-,20+,21-,22-/m0/s1. The summed E-state index contributed by atoms with van der Waals surface area (Å²) in [5, 5.41) is 0.117. The minimum Gasteiger partial charge on any atom is -0.411 e. The molecule has 0 bridgehead atoms. The van der Waals surface area contributed by atoms with E-state index in [4.69, 9.17) is 23.4 Å². The molecule has 0 spiro atoms. The van der Waals surface area contributed by atoms with E-state index >= 15 is 0 Å². The van der Waals surface area contributed by atoms with E-state index in [1.807, 2.05) is 44.2 Å². The second kappa shape index (κ2) is 9.23. The highest BCUT2D eigenvalue weighted by molar-refractivity contribution is 6.74. The molecule has 0 amide bonds. The van der Waals surface area contributed by atoms with Crippen LogP contribution in [0, 0.1) is 0 Å². The van der Waals surface area contributed by atoms with Crippen LogP contribution in [0.5, 0.6) is 0 Å². The molecule has 6 heteroatoms. The number of hydrogen-bond donors (Lipinski definition) is 0. The second-order valence-electron chi connectivity index (χ2n) is 10.3. The summed E-state index contributed by atoms with van der Waals surface area (Å²) in [4.78, 5) is 0. The molecule has 1 heterocycles. The number of ether oxygens (including phenoxy) is 4. The zero-order valence-corrected chi connectivity index (χ0v) is 20.5. The third-order valence-corrected chi connectivity index (χ3v) is 10.7. The average Bonchev–Trinajstić information content (AvgIpc) is 2.88. The Labute approximate surface area is 182 Å². The van der Waals surface area contributed by atoms with Gasteiger partial charge in [0.25, 0.3) is 0 Å². The Kier molecular flexibility index (Phi) is 7.27. The van der Waals surface area contributed by atoms with Gasteiger partial charge in [0.2, 0.25) is 0 Å². The van der Waals surface area contributed by atoms with Crippen molar-refractivity contribution in [1.82, 2.24) is 0 Å². The molecule has 1 aliphatic carbocycles. The van der Waals surface area contributed by atoms with Gasteiger partial charge >= 0.3 is 0 Å². The highest BCUT2D eigenvalue weighted by Crippen LogP contribution is 2.41. The molecular weight excluding hydrogens is 396 g/mol. The Morgan fingerprint density at radius 3 is 2.43 bits per heavy atom. The van der Waals surface area contributed by atoms with Crippen molar-refractivity contribution in [1.29, 1.82) is 0 Å². The van der Waals surface area contributed by atoms with Crippen molar-refractivity contribution in [3.8, 4) is 0 Å². The molecule has 4 atom stereocenters. The number of rotatable bonds is 7. The van der Waals surface area contributed by atoms with E-state index < -0.39 is 14.1 Å². The summed E-state index contributed by atoms with van der Waals surface area (Å²) in [6.07, 6.45) is 4.40. The summed E-state index contributed by atoms with van der Waals surface area (Å²) >= 11 is 0. The normalized spacial score (nSPS) is 28.9. The van der Waals surface area contributed by atoms with Gasteiger partial charge in [0, 0.05) is 6.42 Å². The van der Waals surface area contributed by atoms with Crippen molar-refractivity contribution in [2.75, 3.05) is 6.79 Å². The molecule has 5 nitrogen and oxygen atoms in total. The van der Waals surface area contributed by atoms with Crippen LogP contribution in [0.1, 0.15) is 46.6 Å². The Balaban J connectivity index is 1.64. The van der Waals surface area contributed by atoms with Gasteiger partial charge in [-0.3, -0.25) is 0 Å². The Morgan fingerprint density at radius 1 is 1.07 bits per heavy atom. The van der Waals surface area contributed by atoms with Crippen LogP contribution >= 0.6 is 0 Å². The first-order valence-corrected chi connectivity index (χ1v) is 13.8. The lowest BCUT2D eigenvalue weighted by atomic mass is 10.1. The van der Waals surface area contributed by atoms with Crippen LogP contribution in [0.4, 0.5) is 0 Å². The molecule has 2 aliphatic rings. The number of fused-ring (bicyclic) bond motifs is 1. The molecule has 1 aromatic rings. The topological polar surface area (TPSA) is 46.2 Å². The maximum absolute atomic E-state index is 6.81. The molecular formula is C24H38O5Si. The third-order valence-electron chi connectivity index (χ3n) is 6.24. The van der Waals surface area contributed by atoms with Crippen molar-refractivity contribution in [2.45, 2.75) is 96.0 Å². The molecule has 0 radical (unpaired) electrons. The van der Waals surface area contributed by atoms with Gasteiger partial charge in [-0.25, -0.2) is 0 Å². The van der Waals surface area contributed by atoms with Gasteiger partial charge in [0.1, 0.15) is 19.0 Å². The van der Waals surface area contributed by atoms with Gasteiger partial charge in [-0.1, -0.05) is 63.3 Å². The Bertz CT molecular complexity index is 710. The van der Waals surface area contributed by atoms with E-state index in [2.05, 4.69) is 46.0 Å². The molecule has 1 aromatic carbocycles. The van der Waals surface area contributed by atoms with E-state index in [9.17, 15) is 0 Å². The van der Waals surface area contributed by atoms with Crippen molar-refractivity contribution in [3.63, 3.8) is 0 Å². The van der Waals surface area contributed by atoms with Crippen molar-refractivity contribution in [3.05, 3.63) is 48.0 Å². The van der Waals surface area contributed by atoms with Gasteiger partial charge in [-0.05, 0) is 37.5 Å². The molecule has 0 unspecified atom stereocenters. The maximum atomic E-state index is 6.81. The first kappa shape index (κ1) is 23.6. The van der Waals surface area contributed by atoms with Crippen LogP contribution < -0.4 is 0 Å². The minimum absolute atomic E-state index is 0.0909.